The highest BCUT2D eigenvalue weighted by Crippen LogP contribution is 2.33. The zero-order valence-electron chi connectivity index (χ0n) is 15.2. The molecule has 0 aliphatic heterocycles. The molecule has 5 nitrogen and oxygen atoms in total. The maximum Gasteiger partial charge on any atom is 0.348 e. The molecular weight excluding hydrogens is 382 g/mol. The Morgan fingerprint density at radius 1 is 1.15 bits per heavy atom. The van der Waals surface area contributed by atoms with E-state index >= 15 is 0 Å². The van der Waals surface area contributed by atoms with E-state index in [2.05, 4.69) is 4.72 Å². The Bertz CT molecular complexity index is 1060. The zero-order chi connectivity index (χ0) is 19.4. The third kappa shape index (κ3) is 4.37. The predicted octanol–water partition coefficient (Wildman–Crippen LogP) is 3.91. The number of thiophene rings is 1. The zero-order valence-corrected chi connectivity index (χ0v) is 16.8. The Morgan fingerprint density at radius 2 is 1.89 bits per heavy atom. The summed E-state index contributed by atoms with van der Waals surface area (Å²) in [6, 6.07) is 14.6. The molecule has 7 heteroatoms. The largest absolute Gasteiger partial charge is 0.462 e. The molecule has 0 unspecified atom stereocenters. The average Bonchev–Trinajstić information content (AvgIpc) is 2.99. The fraction of sp³-hybridized carbons (Fsp3) is 0.250. The van der Waals surface area contributed by atoms with E-state index in [0.717, 1.165) is 21.2 Å². The number of hydrogen-bond donors (Lipinski definition) is 1. The lowest BCUT2D eigenvalue weighted by Gasteiger charge is -2.07. The molecule has 0 fully saturated rings. The first-order chi connectivity index (χ1) is 12.9. The van der Waals surface area contributed by atoms with Gasteiger partial charge in [-0.15, -0.1) is 11.3 Å². The van der Waals surface area contributed by atoms with Crippen molar-refractivity contribution >= 4 is 37.4 Å². The molecule has 0 spiro atoms. The first-order valence-corrected chi connectivity index (χ1v) is 11.0. The van der Waals surface area contributed by atoms with Crippen molar-refractivity contribution in [2.45, 2.75) is 25.2 Å². The van der Waals surface area contributed by atoms with Gasteiger partial charge in [-0.05, 0) is 55.0 Å². The normalized spacial score (nSPS) is 11.6. The Morgan fingerprint density at radius 3 is 2.59 bits per heavy atom. The SMILES string of the molecule is CCOC(=O)c1sc2ccc(S(=O)(=O)NCCc3ccccc3)cc2c1C. The van der Waals surface area contributed by atoms with Crippen molar-refractivity contribution in [2.24, 2.45) is 0 Å². The van der Waals surface area contributed by atoms with Gasteiger partial charge < -0.3 is 4.74 Å². The Balaban J connectivity index is 1.81. The lowest BCUT2D eigenvalue weighted by Crippen LogP contribution is -2.25. The first-order valence-electron chi connectivity index (χ1n) is 8.66. The molecule has 0 atom stereocenters. The van der Waals surface area contributed by atoms with Crippen molar-refractivity contribution in [3.63, 3.8) is 0 Å². The quantitative estimate of drug-likeness (QED) is 0.607. The minimum atomic E-state index is -3.62. The van der Waals surface area contributed by atoms with E-state index in [9.17, 15) is 13.2 Å². The van der Waals surface area contributed by atoms with Gasteiger partial charge in [-0.1, -0.05) is 30.3 Å². The van der Waals surface area contributed by atoms with Crippen molar-refractivity contribution in [3.8, 4) is 0 Å². The highest BCUT2D eigenvalue weighted by Gasteiger charge is 2.19. The van der Waals surface area contributed by atoms with Gasteiger partial charge in [0.25, 0.3) is 0 Å². The molecule has 142 valence electrons. The summed E-state index contributed by atoms with van der Waals surface area (Å²) in [5, 5.41) is 0.758. The maximum absolute atomic E-state index is 12.6. The van der Waals surface area contributed by atoms with Crippen LogP contribution in [-0.2, 0) is 21.2 Å². The van der Waals surface area contributed by atoms with Crippen LogP contribution >= 0.6 is 11.3 Å². The van der Waals surface area contributed by atoms with Crippen LogP contribution in [0.1, 0.15) is 27.7 Å². The van der Waals surface area contributed by atoms with E-state index in [1.807, 2.05) is 37.3 Å². The van der Waals surface area contributed by atoms with Gasteiger partial charge in [-0.2, -0.15) is 0 Å². The van der Waals surface area contributed by atoms with Crippen molar-refractivity contribution in [2.75, 3.05) is 13.2 Å². The molecule has 1 N–H and O–H groups in total. The standard InChI is InChI=1S/C20H21NO4S2/c1-3-25-20(22)19-14(2)17-13-16(9-10-18(17)26-19)27(23,24)21-12-11-15-7-5-4-6-8-15/h4-10,13,21H,3,11-12H2,1-2H3. The van der Waals surface area contributed by atoms with Crippen LogP contribution in [0.4, 0.5) is 0 Å². The predicted molar refractivity (Wildman–Crippen MR) is 108 cm³/mol. The molecule has 0 bridgehead atoms. The number of carbonyl (C=O) groups excluding carboxylic acids is 1. The van der Waals surface area contributed by atoms with E-state index in [1.54, 1.807) is 25.1 Å². The van der Waals surface area contributed by atoms with Crippen molar-refractivity contribution in [1.82, 2.24) is 4.72 Å². The lowest BCUT2D eigenvalue weighted by molar-refractivity contribution is 0.0531. The number of benzene rings is 2. The van der Waals surface area contributed by atoms with Crippen molar-refractivity contribution in [1.29, 1.82) is 0 Å². The van der Waals surface area contributed by atoms with E-state index in [1.165, 1.54) is 11.3 Å². The number of hydrogen-bond acceptors (Lipinski definition) is 5. The summed E-state index contributed by atoms with van der Waals surface area (Å²) in [4.78, 5) is 12.8. The number of esters is 1. The number of rotatable bonds is 7. The van der Waals surface area contributed by atoms with E-state index in [-0.39, 0.29) is 10.9 Å². The molecule has 0 radical (unpaired) electrons. The van der Waals surface area contributed by atoms with Gasteiger partial charge in [0.05, 0.1) is 11.5 Å². The highest BCUT2D eigenvalue weighted by atomic mass is 32.2. The van der Waals surface area contributed by atoms with Gasteiger partial charge in [0.2, 0.25) is 10.0 Å². The Kier molecular flexibility index (Phi) is 5.94. The minimum absolute atomic E-state index is 0.194. The number of carbonyl (C=O) groups is 1. The van der Waals surface area contributed by atoms with Crippen LogP contribution in [0, 0.1) is 6.92 Å². The molecule has 0 amide bonds. The van der Waals surface area contributed by atoms with Gasteiger partial charge in [-0.25, -0.2) is 17.9 Å². The summed E-state index contributed by atoms with van der Waals surface area (Å²) in [6.45, 7) is 4.19. The van der Waals surface area contributed by atoms with Crippen molar-refractivity contribution < 1.29 is 17.9 Å². The van der Waals surface area contributed by atoms with Gasteiger partial charge in [0.1, 0.15) is 4.88 Å². The molecule has 3 rings (SSSR count). The van der Waals surface area contributed by atoms with Gasteiger partial charge in [0.15, 0.2) is 0 Å². The third-order valence-electron chi connectivity index (χ3n) is 4.23. The molecular formula is C20H21NO4S2. The average molecular weight is 404 g/mol. The molecule has 27 heavy (non-hydrogen) atoms. The van der Waals surface area contributed by atoms with Crippen LogP contribution < -0.4 is 4.72 Å². The number of sulfonamides is 1. The van der Waals surface area contributed by atoms with Gasteiger partial charge in [0, 0.05) is 11.2 Å². The van der Waals surface area contributed by atoms with Crippen molar-refractivity contribution in [3.05, 3.63) is 64.5 Å². The summed E-state index contributed by atoms with van der Waals surface area (Å²) in [6.07, 6.45) is 0.618. The molecule has 1 heterocycles. The number of ether oxygens (including phenoxy) is 1. The van der Waals surface area contributed by atoms with E-state index in [0.29, 0.717) is 24.4 Å². The molecule has 0 aliphatic rings. The fourth-order valence-corrected chi connectivity index (χ4v) is 4.96. The number of aryl methyl sites for hydroxylation is 1. The van der Waals surface area contributed by atoms with Crippen LogP contribution in [0.3, 0.4) is 0 Å². The lowest BCUT2D eigenvalue weighted by atomic mass is 10.1. The summed E-state index contributed by atoms with van der Waals surface area (Å²) < 4.78 is 33.8. The first kappa shape index (κ1) is 19.5. The van der Waals surface area contributed by atoms with Crippen LogP contribution in [0.5, 0.6) is 0 Å². The summed E-state index contributed by atoms with van der Waals surface area (Å²) in [7, 11) is -3.62. The smallest absolute Gasteiger partial charge is 0.348 e. The molecule has 0 aliphatic carbocycles. The summed E-state index contributed by atoms with van der Waals surface area (Å²) >= 11 is 1.32. The van der Waals surface area contributed by atoms with E-state index < -0.39 is 10.0 Å². The molecule has 2 aromatic carbocycles. The van der Waals surface area contributed by atoms with Crippen LogP contribution in [-0.4, -0.2) is 27.5 Å². The third-order valence-corrected chi connectivity index (χ3v) is 6.94. The second kappa shape index (κ2) is 8.21. The summed E-state index contributed by atoms with van der Waals surface area (Å²) in [5.41, 5.74) is 1.82. The highest BCUT2D eigenvalue weighted by molar-refractivity contribution is 7.89. The fourth-order valence-electron chi connectivity index (χ4n) is 2.82. The van der Waals surface area contributed by atoms with Crippen LogP contribution in [0.15, 0.2) is 53.4 Å². The summed E-state index contributed by atoms with van der Waals surface area (Å²) in [5.74, 6) is -0.374. The molecule has 1 aromatic heterocycles. The Hall–Kier alpha value is -2.22. The van der Waals surface area contributed by atoms with E-state index in [4.69, 9.17) is 4.74 Å². The number of fused-ring (bicyclic) bond motifs is 1. The topological polar surface area (TPSA) is 72.5 Å². The molecule has 3 aromatic rings. The van der Waals surface area contributed by atoms with Crippen LogP contribution in [0.2, 0.25) is 0 Å². The monoisotopic (exact) mass is 403 g/mol. The maximum atomic E-state index is 12.6. The van der Waals surface area contributed by atoms with Crippen LogP contribution in [0.25, 0.3) is 10.1 Å². The molecule has 0 saturated carbocycles. The van der Waals surface area contributed by atoms with Gasteiger partial charge >= 0.3 is 5.97 Å². The van der Waals surface area contributed by atoms with Gasteiger partial charge in [-0.3, -0.25) is 0 Å². The molecule has 0 saturated heterocycles. The number of nitrogens with one attached hydrogen (secondary N) is 1. The second-order valence-corrected chi connectivity index (χ2v) is 8.89. The Labute approximate surface area is 163 Å². The minimum Gasteiger partial charge on any atom is -0.462 e. The second-order valence-electron chi connectivity index (χ2n) is 6.07.